The first-order valence-corrected chi connectivity index (χ1v) is 7.12. The molecule has 1 atom stereocenters. The Balaban J connectivity index is 1.84. The van der Waals surface area contributed by atoms with Crippen LogP contribution in [0.3, 0.4) is 0 Å². The van der Waals surface area contributed by atoms with Crippen molar-refractivity contribution in [1.29, 1.82) is 0 Å². The molecule has 1 unspecified atom stereocenters. The lowest BCUT2D eigenvalue weighted by Gasteiger charge is -2.13. The molecule has 3 heteroatoms. The summed E-state index contributed by atoms with van der Waals surface area (Å²) in [5.74, 6) is 0. The minimum absolute atomic E-state index is 0.0952. The third-order valence-corrected chi connectivity index (χ3v) is 3.39. The van der Waals surface area contributed by atoms with Crippen molar-refractivity contribution in [1.82, 2.24) is 9.78 Å². The fraction of sp³-hybridized carbons (Fsp3) is 0.438. The molecule has 1 aromatic carbocycles. The highest BCUT2D eigenvalue weighted by Gasteiger charge is 2.10. The van der Waals surface area contributed by atoms with Crippen LogP contribution in [0.1, 0.15) is 43.5 Å². The second kappa shape index (κ2) is 7.10. The van der Waals surface area contributed by atoms with Crippen LogP contribution < -0.4 is 5.73 Å². The standard InChI is InChI=1S/C16H23N3/c1-2-13-19-16(11-12-18-19)15(17)10-6-9-14-7-4-3-5-8-14/h3-5,7-8,11-12,15H,2,6,9-10,13,17H2,1H3. The van der Waals surface area contributed by atoms with Crippen LogP contribution in [0.15, 0.2) is 42.6 Å². The van der Waals surface area contributed by atoms with Crippen LogP contribution in [0.5, 0.6) is 0 Å². The molecule has 0 aliphatic carbocycles. The summed E-state index contributed by atoms with van der Waals surface area (Å²) in [6.07, 6.45) is 6.15. The predicted molar refractivity (Wildman–Crippen MR) is 78.8 cm³/mol. The normalized spacial score (nSPS) is 12.5. The summed E-state index contributed by atoms with van der Waals surface area (Å²) in [5.41, 5.74) is 8.82. The molecule has 0 saturated heterocycles. The van der Waals surface area contributed by atoms with E-state index >= 15 is 0 Å². The van der Waals surface area contributed by atoms with E-state index in [1.54, 1.807) is 0 Å². The average molecular weight is 257 g/mol. The van der Waals surface area contributed by atoms with Gasteiger partial charge < -0.3 is 5.73 Å². The van der Waals surface area contributed by atoms with Crippen molar-refractivity contribution in [2.24, 2.45) is 5.73 Å². The van der Waals surface area contributed by atoms with E-state index in [1.807, 2.05) is 16.9 Å². The second-order valence-electron chi connectivity index (χ2n) is 4.96. The Bertz CT molecular complexity index is 476. The second-order valence-corrected chi connectivity index (χ2v) is 4.96. The van der Waals surface area contributed by atoms with E-state index < -0.39 is 0 Å². The Kier molecular flexibility index (Phi) is 5.16. The maximum absolute atomic E-state index is 6.27. The van der Waals surface area contributed by atoms with Crippen LogP contribution >= 0.6 is 0 Å². The molecule has 0 aliphatic heterocycles. The van der Waals surface area contributed by atoms with Crippen LogP contribution in [0.4, 0.5) is 0 Å². The van der Waals surface area contributed by atoms with Crippen LogP contribution in [-0.4, -0.2) is 9.78 Å². The molecular weight excluding hydrogens is 234 g/mol. The summed E-state index contributed by atoms with van der Waals surface area (Å²) in [6.45, 7) is 3.11. The smallest absolute Gasteiger partial charge is 0.0551 e. The van der Waals surface area contributed by atoms with Gasteiger partial charge in [-0.15, -0.1) is 0 Å². The number of hydrogen-bond acceptors (Lipinski definition) is 2. The minimum atomic E-state index is 0.0952. The van der Waals surface area contributed by atoms with Gasteiger partial charge in [0.25, 0.3) is 0 Å². The third kappa shape index (κ3) is 3.93. The van der Waals surface area contributed by atoms with E-state index in [0.29, 0.717) is 0 Å². The van der Waals surface area contributed by atoms with Gasteiger partial charge in [-0.1, -0.05) is 37.3 Å². The molecule has 0 aliphatic rings. The summed E-state index contributed by atoms with van der Waals surface area (Å²) >= 11 is 0. The van der Waals surface area contributed by atoms with Crippen molar-refractivity contribution in [2.75, 3.05) is 0 Å². The quantitative estimate of drug-likeness (QED) is 0.827. The third-order valence-electron chi connectivity index (χ3n) is 3.39. The van der Waals surface area contributed by atoms with Crippen molar-refractivity contribution >= 4 is 0 Å². The molecule has 3 nitrogen and oxygen atoms in total. The average Bonchev–Trinajstić information content (AvgIpc) is 2.89. The molecule has 1 aromatic heterocycles. The van der Waals surface area contributed by atoms with Gasteiger partial charge in [-0.3, -0.25) is 4.68 Å². The monoisotopic (exact) mass is 257 g/mol. The molecular formula is C16H23N3. The van der Waals surface area contributed by atoms with E-state index in [0.717, 1.165) is 37.9 Å². The zero-order valence-corrected chi connectivity index (χ0v) is 11.6. The SMILES string of the molecule is CCCn1nccc1C(N)CCCc1ccccc1. The lowest BCUT2D eigenvalue weighted by molar-refractivity contribution is 0.513. The number of rotatable bonds is 7. The van der Waals surface area contributed by atoms with E-state index in [2.05, 4.69) is 42.4 Å². The van der Waals surface area contributed by atoms with Gasteiger partial charge in [-0.05, 0) is 37.3 Å². The number of aryl methyl sites for hydroxylation is 2. The van der Waals surface area contributed by atoms with Gasteiger partial charge in [-0.25, -0.2) is 0 Å². The maximum atomic E-state index is 6.27. The van der Waals surface area contributed by atoms with Crippen molar-refractivity contribution < 1.29 is 0 Å². The van der Waals surface area contributed by atoms with E-state index in [-0.39, 0.29) is 6.04 Å². The molecule has 0 saturated carbocycles. The molecule has 0 bridgehead atoms. The maximum Gasteiger partial charge on any atom is 0.0551 e. The molecule has 0 spiro atoms. The Hall–Kier alpha value is -1.61. The predicted octanol–water partition coefficient (Wildman–Crippen LogP) is 3.32. The zero-order chi connectivity index (χ0) is 13.5. The van der Waals surface area contributed by atoms with Crippen LogP contribution in [0.2, 0.25) is 0 Å². The molecule has 0 amide bonds. The highest BCUT2D eigenvalue weighted by atomic mass is 15.3. The first-order chi connectivity index (χ1) is 9.31. The summed E-state index contributed by atoms with van der Waals surface area (Å²) in [6, 6.07) is 12.7. The first-order valence-electron chi connectivity index (χ1n) is 7.12. The number of aromatic nitrogens is 2. The molecule has 19 heavy (non-hydrogen) atoms. The Labute approximate surface area is 115 Å². The van der Waals surface area contributed by atoms with Crippen molar-refractivity contribution in [3.63, 3.8) is 0 Å². The van der Waals surface area contributed by atoms with E-state index in [9.17, 15) is 0 Å². The molecule has 2 rings (SSSR count). The molecule has 0 fully saturated rings. The Morgan fingerprint density at radius 2 is 2.00 bits per heavy atom. The molecule has 2 N–H and O–H groups in total. The van der Waals surface area contributed by atoms with Crippen LogP contribution in [-0.2, 0) is 13.0 Å². The zero-order valence-electron chi connectivity index (χ0n) is 11.6. The molecule has 102 valence electrons. The van der Waals surface area contributed by atoms with E-state index in [1.165, 1.54) is 5.56 Å². The fourth-order valence-electron chi connectivity index (χ4n) is 2.38. The molecule has 2 aromatic rings. The molecule has 0 radical (unpaired) electrons. The van der Waals surface area contributed by atoms with Crippen molar-refractivity contribution in [3.8, 4) is 0 Å². The lowest BCUT2D eigenvalue weighted by Crippen LogP contribution is -2.16. The first kappa shape index (κ1) is 13.8. The van der Waals surface area contributed by atoms with Gasteiger partial charge in [0.2, 0.25) is 0 Å². The van der Waals surface area contributed by atoms with Crippen LogP contribution in [0, 0.1) is 0 Å². The summed E-state index contributed by atoms with van der Waals surface area (Å²) in [7, 11) is 0. The lowest BCUT2D eigenvalue weighted by atomic mass is 10.0. The fourth-order valence-corrected chi connectivity index (χ4v) is 2.38. The van der Waals surface area contributed by atoms with Crippen LogP contribution in [0.25, 0.3) is 0 Å². The minimum Gasteiger partial charge on any atom is -0.323 e. The van der Waals surface area contributed by atoms with Crippen molar-refractivity contribution in [3.05, 3.63) is 53.9 Å². The summed E-state index contributed by atoms with van der Waals surface area (Å²) in [4.78, 5) is 0. The number of benzene rings is 1. The summed E-state index contributed by atoms with van der Waals surface area (Å²) in [5, 5.41) is 4.33. The Morgan fingerprint density at radius 3 is 2.74 bits per heavy atom. The Morgan fingerprint density at radius 1 is 1.21 bits per heavy atom. The van der Waals surface area contributed by atoms with Crippen molar-refractivity contribution in [2.45, 2.75) is 45.2 Å². The number of nitrogens with two attached hydrogens (primary N) is 1. The van der Waals surface area contributed by atoms with Gasteiger partial charge in [-0.2, -0.15) is 5.10 Å². The highest BCUT2D eigenvalue weighted by Crippen LogP contribution is 2.17. The van der Waals surface area contributed by atoms with Gasteiger partial charge in [0.1, 0.15) is 0 Å². The van der Waals surface area contributed by atoms with E-state index in [4.69, 9.17) is 5.73 Å². The highest BCUT2D eigenvalue weighted by molar-refractivity contribution is 5.14. The van der Waals surface area contributed by atoms with Gasteiger partial charge in [0.15, 0.2) is 0 Å². The largest absolute Gasteiger partial charge is 0.323 e. The number of hydrogen-bond donors (Lipinski definition) is 1. The van der Waals surface area contributed by atoms with Gasteiger partial charge in [0.05, 0.1) is 5.69 Å². The number of nitrogens with zero attached hydrogens (tertiary/aromatic N) is 2. The summed E-state index contributed by atoms with van der Waals surface area (Å²) < 4.78 is 2.03. The molecule has 1 heterocycles. The van der Waals surface area contributed by atoms with Gasteiger partial charge >= 0.3 is 0 Å². The van der Waals surface area contributed by atoms with Gasteiger partial charge in [0, 0.05) is 18.8 Å². The topological polar surface area (TPSA) is 43.8 Å².